The first-order chi connectivity index (χ1) is 16.6. The molecule has 34 heavy (non-hydrogen) atoms. The van der Waals surface area contributed by atoms with E-state index in [1.54, 1.807) is 6.08 Å². The zero-order valence-electron chi connectivity index (χ0n) is 19.6. The smallest absolute Gasteiger partial charge is 0.352 e. The molecule has 0 bridgehead atoms. The first kappa shape index (κ1) is 23.3. The number of likely N-dealkylation sites (N-methyl/N-ethyl adjacent to an activating group) is 1. The average Bonchev–Trinajstić information content (AvgIpc) is 3.18. The molecule has 0 unspecified atom stereocenters. The Morgan fingerprint density at radius 3 is 2.41 bits per heavy atom. The van der Waals surface area contributed by atoms with Gasteiger partial charge in [0.2, 0.25) is 0 Å². The standard InChI is InChI=1S/C29H31N3O2/c1-3-22-14-16-23(17-15-22)21-32-27-13-9-8-12-25(27)26(28(32)29(33)34)20-30-18-19-31(4-2)24-10-6-5-7-11-24/h3,5-17,30H,1,4,18-21H2,2H3,(H,33,34). The van der Waals surface area contributed by atoms with Crippen molar-refractivity contribution >= 4 is 28.6 Å². The first-order valence-corrected chi connectivity index (χ1v) is 11.7. The molecule has 0 saturated heterocycles. The molecule has 1 heterocycles. The lowest BCUT2D eigenvalue weighted by molar-refractivity contribution is 0.0685. The Morgan fingerprint density at radius 2 is 1.74 bits per heavy atom. The molecule has 4 aromatic rings. The predicted molar refractivity (Wildman–Crippen MR) is 141 cm³/mol. The Bertz CT molecular complexity index is 1260. The van der Waals surface area contributed by atoms with Gasteiger partial charge in [-0.2, -0.15) is 0 Å². The molecule has 5 nitrogen and oxygen atoms in total. The number of carbonyl (C=O) groups is 1. The number of aromatic nitrogens is 1. The van der Waals surface area contributed by atoms with Crippen LogP contribution in [-0.2, 0) is 13.1 Å². The van der Waals surface area contributed by atoms with E-state index in [1.807, 2.05) is 71.3 Å². The Balaban J connectivity index is 1.56. The third-order valence-electron chi connectivity index (χ3n) is 6.20. The molecule has 2 N–H and O–H groups in total. The molecule has 0 fully saturated rings. The second-order valence-electron chi connectivity index (χ2n) is 8.27. The summed E-state index contributed by atoms with van der Waals surface area (Å²) in [5.74, 6) is -0.907. The van der Waals surface area contributed by atoms with Crippen LogP contribution in [0.5, 0.6) is 0 Å². The van der Waals surface area contributed by atoms with Crippen LogP contribution in [0.3, 0.4) is 0 Å². The van der Waals surface area contributed by atoms with E-state index >= 15 is 0 Å². The van der Waals surface area contributed by atoms with Gasteiger partial charge in [0, 0.05) is 54.9 Å². The van der Waals surface area contributed by atoms with Crippen LogP contribution in [0.1, 0.15) is 34.1 Å². The minimum Gasteiger partial charge on any atom is -0.477 e. The number of carboxylic acids is 1. The van der Waals surface area contributed by atoms with Crippen molar-refractivity contribution in [3.05, 3.63) is 108 Å². The number of hydrogen-bond donors (Lipinski definition) is 2. The highest BCUT2D eigenvalue weighted by molar-refractivity contribution is 5.98. The van der Waals surface area contributed by atoms with Crippen LogP contribution in [0.25, 0.3) is 17.0 Å². The molecular formula is C29H31N3O2. The van der Waals surface area contributed by atoms with Gasteiger partial charge in [0.05, 0.1) is 0 Å². The molecule has 3 aromatic carbocycles. The molecular weight excluding hydrogens is 422 g/mol. The second kappa shape index (κ2) is 10.9. The van der Waals surface area contributed by atoms with Crippen molar-refractivity contribution in [3.63, 3.8) is 0 Å². The largest absolute Gasteiger partial charge is 0.477 e. The van der Waals surface area contributed by atoms with E-state index in [2.05, 4.69) is 35.9 Å². The lowest BCUT2D eigenvalue weighted by Crippen LogP contribution is -2.32. The van der Waals surface area contributed by atoms with Crippen molar-refractivity contribution in [1.29, 1.82) is 0 Å². The molecule has 0 amide bonds. The quantitative estimate of drug-likeness (QED) is 0.288. The molecule has 174 valence electrons. The van der Waals surface area contributed by atoms with Crippen molar-refractivity contribution in [3.8, 4) is 0 Å². The van der Waals surface area contributed by atoms with E-state index in [0.717, 1.165) is 47.2 Å². The first-order valence-electron chi connectivity index (χ1n) is 11.7. The van der Waals surface area contributed by atoms with Crippen molar-refractivity contribution in [2.45, 2.75) is 20.0 Å². The van der Waals surface area contributed by atoms with Gasteiger partial charge in [-0.1, -0.05) is 73.3 Å². The maximum atomic E-state index is 12.4. The highest BCUT2D eigenvalue weighted by Crippen LogP contribution is 2.28. The zero-order valence-corrected chi connectivity index (χ0v) is 19.6. The normalized spacial score (nSPS) is 11.0. The van der Waals surface area contributed by atoms with Crippen LogP contribution in [0.15, 0.2) is 85.4 Å². The Morgan fingerprint density at radius 1 is 1.03 bits per heavy atom. The van der Waals surface area contributed by atoms with Crippen molar-refractivity contribution in [2.75, 3.05) is 24.5 Å². The van der Waals surface area contributed by atoms with Gasteiger partial charge < -0.3 is 19.9 Å². The van der Waals surface area contributed by atoms with Crippen molar-refractivity contribution in [2.24, 2.45) is 0 Å². The summed E-state index contributed by atoms with van der Waals surface area (Å²) in [6, 6.07) is 26.3. The molecule has 0 spiro atoms. The minimum absolute atomic E-state index is 0.344. The van der Waals surface area contributed by atoms with Gasteiger partial charge in [-0.25, -0.2) is 4.79 Å². The highest BCUT2D eigenvalue weighted by atomic mass is 16.4. The number of carboxylic acid groups (broad SMARTS) is 1. The number of fused-ring (bicyclic) bond motifs is 1. The summed E-state index contributed by atoms with van der Waals surface area (Å²) in [6.45, 7) is 9.45. The highest BCUT2D eigenvalue weighted by Gasteiger charge is 2.22. The number of para-hydroxylation sites is 2. The summed E-state index contributed by atoms with van der Waals surface area (Å²) in [5.41, 5.74) is 5.39. The fraction of sp³-hybridized carbons (Fsp3) is 0.207. The summed E-state index contributed by atoms with van der Waals surface area (Å²) < 4.78 is 1.92. The Kier molecular flexibility index (Phi) is 7.45. The van der Waals surface area contributed by atoms with E-state index in [9.17, 15) is 9.90 Å². The molecule has 0 aliphatic heterocycles. The topological polar surface area (TPSA) is 57.5 Å². The van der Waals surface area contributed by atoms with Gasteiger partial charge in [-0.3, -0.25) is 0 Å². The number of rotatable bonds is 11. The summed E-state index contributed by atoms with van der Waals surface area (Å²) >= 11 is 0. The number of aromatic carboxylic acids is 1. The summed E-state index contributed by atoms with van der Waals surface area (Å²) in [6.07, 6.45) is 1.80. The number of benzene rings is 3. The lowest BCUT2D eigenvalue weighted by atomic mass is 10.1. The Hall–Kier alpha value is -3.83. The number of nitrogens with zero attached hydrogens (tertiary/aromatic N) is 2. The number of nitrogens with one attached hydrogen (secondary N) is 1. The van der Waals surface area contributed by atoms with E-state index in [1.165, 1.54) is 5.69 Å². The molecule has 1 aromatic heterocycles. The SMILES string of the molecule is C=Cc1ccc(Cn2c(C(=O)O)c(CNCCN(CC)c3ccccc3)c3ccccc32)cc1. The van der Waals surface area contributed by atoms with E-state index in [0.29, 0.717) is 18.8 Å². The van der Waals surface area contributed by atoms with Gasteiger partial charge in [-0.15, -0.1) is 0 Å². The van der Waals surface area contributed by atoms with Gasteiger partial charge >= 0.3 is 5.97 Å². The van der Waals surface area contributed by atoms with Gasteiger partial charge in [-0.05, 0) is 36.2 Å². The second-order valence-corrected chi connectivity index (χ2v) is 8.27. The van der Waals surface area contributed by atoms with Crippen LogP contribution < -0.4 is 10.2 Å². The number of hydrogen-bond acceptors (Lipinski definition) is 3. The maximum Gasteiger partial charge on any atom is 0.352 e. The number of anilines is 1. The van der Waals surface area contributed by atoms with E-state index in [4.69, 9.17) is 0 Å². The van der Waals surface area contributed by atoms with Crippen molar-refractivity contribution < 1.29 is 9.90 Å². The molecule has 0 radical (unpaired) electrons. The molecule has 0 atom stereocenters. The zero-order chi connectivity index (χ0) is 23.9. The van der Waals surface area contributed by atoms with E-state index in [-0.39, 0.29) is 0 Å². The van der Waals surface area contributed by atoms with Gasteiger partial charge in [0.1, 0.15) is 5.69 Å². The fourth-order valence-electron chi connectivity index (χ4n) is 4.44. The molecule has 0 saturated carbocycles. The maximum absolute atomic E-state index is 12.4. The molecule has 5 heteroatoms. The minimum atomic E-state index is -0.907. The Labute approximate surface area is 201 Å². The summed E-state index contributed by atoms with van der Waals surface area (Å²) in [7, 11) is 0. The lowest BCUT2D eigenvalue weighted by Gasteiger charge is -2.23. The summed E-state index contributed by atoms with van der Waals surface area (Å²) in [5, 5.41) is 14.6. The molecule has 0 aliphatic carbocycles. The third kappa shape index (κ3) is 5.05. The third-order valence-corrected chi connectivity index (χ3v) is 6.20. The fourth-order valence-corrected chi connectivity index (χ4v) is 4.44. The summed E-state index contributed by atoms with van der Waals surface area (Å²) in [4.78, 5) is 14.7. The average molecular weight is 454 g/mol. The van der Waals surface area contributed by atoms with Crippen LogP contribution in [0.2, 0.25) is 0 Å². The molecule has 4 rings (SSSR count). The van der Waals surface area contributed by atoms with E-state index < -0.39 is 5.97 Å². The van der Waals surface area contributed by atoms with Crippen LogP contribution >= 0.6 is 0 Å². The predicted octanol–water partition coefficient (Wildman–Crippen LogP) is 5.65. The van der Waals surface area contributed by atoms with Crippen LogP contribution in [0, 0.1) is 0 Å². The molecule has 0 aliphatic rings. The van der Waals surface area contributed by atoms with Crippen molar-refractivity contribution in [1.82, 2.24) is 9.88 Å². The monoisotopic (exact) mass is 453 g/mol. The van der Waals surface area contributed by atoms with Crippen LogP contribution in [0.4, 0.5) is 5.69 Å². The van der Waals surface area contributed by atoms with Crippen LogP contribution in [-0.4, -0.2) is 35.3 Å². The van der Waals surface area contributed by atoms with Gasteiger partial charge in [0.15, 0.2) is 0 Å². The van der Waals surface area contributed by atoms with Gasteiger partial charge in [0.25, 0.3) is 0 Å².